The molecule has 1 amide bonds. The van der Waals surface area contributed by atoms with Crippen molar-refractivity contribution in [3.05, 3.63) is 86.5 Å². The summed E-state index contributed by atoms with van der Waals surface area (Å²) >= 11 is 0. The van der Waals surface area contributed by atoms with Crippen LogP contribution in [0.25, 0.3) is 0 Å². The Balaban J connectivity index is 0.000000480. The van der Waals surface area contributed by atoms with Gasteiger partial charge in [0.05, 0.1) is 13.7 Å². The van der Waals surface area contributed by atoms with E-state index in [1.165, 1.54) is 7.11 Å². The van der Waals surface area contributed by atoms with Gasteiger partial charge in [-0.3, -0.25) is 14.4 Å². The first-order valence-electron chi connectivity index (χ1n) is 22.9. The van der Waals surface area contributed by atoms with Gasteiger partial charge < -0.3 is 30.1 Å². The van der Waals surface area contributed by atoms with Gasteiger partial charge in [0.15, 0.2) is 0 Å². The van der Waals surface area contributed by atoms with E-state index in [0.29, 0.717) is 62.4 Å². The number of aromatic hydroxyl groups is 3. The third-order valence-electron chi connectivity index (χ3n) is 11.0. The standard InChI is InChI=1S/C19H30O3.C18H29NO2.C18H28O3/c1-8-22-16(20)10-9-13-11-14(18(2,3)4)17(21)15(12-13)19(5,6)7;1-17(2,3)13-10-12(8-9-15(20)19-7)11-14(16(13)21)18(4,5)6;1-17(2,3)13-10-12(8-9-15(19)21-7)11-14(16(13)20)18(4,5)6/h11-12,21H,8-10H2,1-7H3;10-11,21H,8-9H2,1-7H3,(H,19,20);10-11,20H,8-9H2,1-7H3. The van der Waals surface area contributed by atoms with Crippen molar-refractivity contribution in [2.45, 2.75) is 203 Å². The minimum atomic E-state index is -0.210. The number of hydrogen-bond acceptors (Lipinski definition) is 8. The molecular weight excluding hydrogens is 803 g/mol. The predicted octanol–water partition coefficient (Wildman–Crippen LogP) is 12.2. The molecule has 0 radical (unpaired) electrons. The Hall–Kier alpha value is -4.53. The van der Waals surface area contributed by atoms with Crippen LogP contribution in [0.4, 0.5) is 0 Å². The van der Waals surface area contributed by atoms with E-state index in [1.807, 2.05) is 43.3 Å². The Morgan fingerprint density at radius 2 is 0.688 bits per heavy atom. The van der Waals surface area contributed by atoms with Crippen molar-refractivity contribution < 1.29 is 39.2 Å². The molecule has 0 aliphatic heterocycles. The highest BCUT2D eigenvalue weighted by Crippen LogP contribution is 2.42. The average molecular weight is 890 g/mol. The highest BCUT2D eigenvalue weighted by molar-refractivity contribution is 5.75. The summed E-state index contributed by atoms with van der Waals surface area (Å²) < 4.78 is 9.70. The molecule has 0 fully saturated rings. The van der Waals surface area contributed by atoms with Gasteiger partial charge >= 0.3 is 11.9 Å². The Labute approximate surface area is 388 Å². The van der Waals surface area contributed by atoms with Crippen LogP contribution < -0.4 is 5.32 Å². The Morgan fingerprint density at radius 1 is 0.453 bits per heavy atom. The van der Waals surface area contributed by atoms with Crippen LogP contribution in [0.2, 0.25) is 0 Å². The molecule has 3 rings (SSSR count). The van der Waals surface area contributed by atoms with Crippen molar-refractivity contribution in [2.75, 3.05) is 20.8 Å². The van der Waals surface area contributed by atoms with Crippen molar-refractivity contribution in [3.8, 4) is 17.2 Å². The minimum Gasteiger partial charge on any atom is -0.507 e. The van der Waals surface area contributed by atoms with Gasteiger partial charge in [-0.2, -0.15) is 0 Å². The number of methoxy groups -OCH3 is 1. The first-order valence-corrected chi connectivity index (χ1v) is 22.9. The Kier molecular flexibility index (Phi) is 20.3. The summed E-state index contributed by atoms with van der Waals surface area (Å²) in [6, 6.07) is 12.1. The Bertz CT molecular complexity index is 1830. The minimum absolute atomic E-state index is 0.0395. The molecule has 0 unspecified atom stereocenters. The summed E-state index contributed by atoms with van der Waals surface area (Å²) in [5.74, 6) is 0.788. The largest absolute Gasteiger partial charge is 0.507 e. The van der Waals surface area contributed by atoms with Crippen LogP contribution in [0, 0.1) is 0 Å². The molecule has 0 aromatic heterocycles. The molecule has 0 saturated heterocycles. The smallest absolute Gasteiger partial charge is 0.306 e. The number of benzene rings is 3. The number of phenols is 3. The summed E-state index contributed by atoms with van der Waals surface area (Å²) in [6.07, 6.45) is 3.13. The van der Waals surface area contributed by atoms with E-state index < -0.39 is 0 Å². The predicted molar refractivity (Wildman–Crippen MR) is 264 cm³/mol. The van der Waals surface area contributed by atoms with Crippen molar-refractivity contribution in [1.29, 1.82) is 0 Å². The van der Waals surface area contributed by atoms with Gasteiger partial charge in [-0.05, 0) is 109 Å². The Morgan fingerprint density at radius 3 is 0.891 bits per heavy atom. The maximum atomic E-state index is 11.6. The molecule has 0 saturated carbocycles. The molecule has 0 aliphatic carbocycles. The van der Waals surface area contributed by atoms with Gasteiger partial charge in [-0.15, -0.1) is 0 Å². The summed E-state index contributed by atoms with van der Waals surface area (Å²) in [5, 5.41) is 34.5. The van der Waals surface area contributed by atoms with Crippen LogP contribution in [-0.4, -0.2) is 53.9 Å². The fourth-order valence-electron chi connectivity index (χ4n) is 7.16. The molecule has 360 valence electrons. The normalized spacial score (nSPS) is 12.3. The maximum absolute atomic E-state index is 11.6. The topological polar surface area (TPSA) is 142 Å². The molecule has 9 heteroatoms. The lowest BCUT2D eigenvalue weighted by atomic mass is 9.78. The number of amides is 1. The molecule has 0 heterocycles. The number of esters is 2. The summed E-state index contributed by atoms with van der Waals surface area (Å²) in [7, 11) is 3.06. The van der Waals surface area contributed by atoms with Gasteiger partial charge in [0.2, 0.25) is 5.91 Å². The lowest BCUT2D eigenvalue weighted by molar-refractivity contribution is -0.143. The molecule has 9 nitrogen and oxygen atoms in total. The van der Waals surface area contributed by atoms with Crippen LogP contribution in [0.3, 0.4) is 0 Å². The lowest BCUT2D eigenvalue weighted by Gasteiger charge is -2.28. The van der Waals surface area contributed by atoms with E-state index >= 15 is 0 Å². The quantitative estimate of drug-likeness (QED) is 0.147. The SMILES string of the molecule is CCOC(=O)CCc1cc(C(C)(C)C)c(O)c(C(C)(C)C)c1.CNC(=O)CCc1cc(C(C)(C)C)c(O)c(C(C)(C)C)c1.COC(=O)CCc1cc(C(C)(C)C)c(O)c(C(C)(C)C)c1. The fourth-order valence-corrected chi connectivity index (χ4v) is 7.16. The number of carbonyl (C=O) groups excluding carboxylic acids is 3. The number of ether oxygens (including phenoxy) is 2. The first-order chi connectivity index (χ1) is 28.9. The summed E-state index contributed by atoms with van der Waals surface area (Å²) in [4.78, 5) is 34.4. The van der Waals surface area contributed by atoms with Crippen LogP contribution in [0.1, 0.15) is 201 Å². The van der Waals surface area contributed by atoms with Crippen LogP contribution in [0.5, 0.6) is 17.2 Å². The number of nitrogens with one attached hydrogen (secondary N) is 1. The monoisotopic (exact) mass is 890 g/mol. The molecule has 0 atom stereocenters. The second kappa shape index (κ2) is 22.6. The highest BCUT2D eigenvalue weighted by atomic mass is 16.5. The average Bonchev–Trinajstić information content (AvgIpc) is 3.14. The highest BCUT2D eigenvalue weighted by Gasteiger charge is 2.29. The zero-order valence-corrected chi connectivity index (χ0v) is 43.8. The van der Waals surface area contributed by atoms with E-state index in [1.54, 1.807) is 7.05 Å². The molecule has 64 heavy (non-hydrogen) atoms. The zero-order valence-electron chi connectivity index (χ0n) is 43.8. The van der Waals surface area contributed by atoms with E-state index in [0.717, 1.165) is 50.1 Å². The van der Waals surface area contributed by atoms with Gasteiger partial charge in [-0.1, -0.05) is 161 Å². The van der Waals surface area contributed by atoms with E-state index in [2.05, 4.69) is 130 Å². The fraction of sp³-hybridized carbons (Fsp3) is 0.618. The zero-order chi connectivity index (χ0) is 50.0. The first kappa shape index (κ1) is 57.5. The van der Waals surface area contributed by atoms with E-state index in [-0.39, 0.29) is 50.3 Å². The van der Waals surface area contributed by atoms with Gasteiger partial charge in [0.1, 0.15) is 17.2 Å². The number of carbonyl (C=O) groups is 3. The molecule has 0 bridgehead atoms. The second-order valence-electron chi connectivity index (χ2n) is 23.2. The van der Waals surface area contributed by atoms with Crippen molar-refractivity contribution in [1.82, 2.24) is 5.32 Å². The number of aryl methyl sites for hydroxylation is 3. The molecule has 0 aliphatic rings. The number of hydrogen-bond donors (Lipinski definition) is 4. The second-order valence-corrected chi connectivity index (χ2v) is 23.2. The van der Waals surface area contributed by atoms with Gasteiger partial charge in [0, 0.05) is 26.3 Å². The maximum Gasteiger partial charge on any atom is 0.306 e. The number of rotatable bonds is 10. The van der Waals surface area contributed by atoms with Crippen LogP contribution >= 0.6 is 0 Å². The van der Waals surface area contributed by atoms with E-state index in [4.69, 9.17) is 9.47 Å². The summed E-state index contributed by atoms with van der Waals surface area (Å²) in [5.41, 5.74) is 7.98. The molecule has 3 aromatic carbocycles. The molecule has 4 N–H and O–H groups in total. The lowest BCUT2D eigenvalue weighted by Crippen LogP contribution is -2.20. The molecule has 0 spiro atoms. The third-order valence-corrected chi connectivity index (χ3v) is 11.0. The summed E-state index contributed by atoms with van der Waals surface area (Å²) in [6.45, 7) is 39.8. The molecular formula is C55H87NO8. The van der Waals surface area contributed by atoms with Crippen molar-refractivity contribution in [2.24, 2.45) is 0 Å². The van der Waals surface area contributed by atoms with Gasteiger partial charge in [0.25, 0.3) is 0 Å². The van der Waals surface area contributed by atoms with Crippen LogP contribution in [-0.2, 0) is 75.6 Å². The van der Waals surface area contributed by atoms with Crippen molar-refractivity contribution in [3.63, 3.8) is 0 Å². The molecule has 3 aromatic rings. The van der Waals surface area contributed by atoms with Crippen LogP contribution in [0.15, 0.2) is 36.4 Å². The number of phenolic OH excluding ortho intramolecular Hbond substituents is 3. The van der Waals surface area contributed by atoms with Gasteiger partial charge in [-0.25, -0.2) is 0 Å². The van der Waals surface area contributed by atoms with Crippen molar-refractivity contribution >= 4 is 17.8 Å². The third kappa shape index (κ3) is 17.8. The van der Waals surface area contributed by atoms with E-state index in [9.17, 15) is 29.7 Å².